The number of hydrogen-bond acceptors (Lipinski definition) is 5. The Kier molecular flexibility index (Phi) is 1.85. The monoisotopic (exact) mass is 224 g/mol. The quantitative estimate of drug-likeness (QED) is 0.501. The molecule has 3 aliphatic heterocycles. The van der Waals surface area contributed by atoms with Crippen molar-refractivity contribution in [2.24, 2.45) is 11.8 Å². The molecule has 6 nitrogen and oxygen atoms in total. The number of carboxylic acid groups (broad SMARTS) is 1. The first-order valence-electron chi connectivity index (χ1n) is 5.30. The summed E-state index contributed by atoms with van der Waals surface area (Å²) in [5.74, 6) is -3.14. The molecule has 2 bridgehead atoms. The Hall–Kier alpha value is -1.43. The zero-order valence-electron chi connectivity index (χ0n) is 8.42. The Labute approximate surface area is 91.2 Å². The van der Waals surface area contributed by atoms with Crippen LogP contribution in [0, 0.1) is 11.8 Å². The predicted octanol–water partition coefficient (Wildman–Crippen LogP) is -2.10. The molecule has 2 amide bonds. The summed E-state index contributed by atoms with van der Waals surface area (Å²) in [5, 5.41) is 10.5. The van der Waals surface area contributed by atoms with Crippen molar-refractivity contribution < 1.29 is 24.2 Å². The van der Waals surface area contributed by atoms with Crippen molar-refractivity contribution in [1.29, 1.82) is 0 Å². The van der Waals surface area contributed by atoms with Crippen molar-refractivity contribution in [3.05, 3.63) is 0 Å². The molecule has 0 radical (unpaired) electrons. The SMILES string of the molecule is O=C([O-])CN1C(=O)[C@@H]2[C@H](C1=O)[C@H]1CC[C@@H]2O1. The van der Waals surface area contributed by atoms with E-state index in [-0.39, 0.29) is 12.2 Å². The fourth-order valence-electron chi connectivity index (χ4n) is 3.06. The number of likely N-dealkylation sites (tertiary alicyclic amines) is 1. The lowest BCUT2D eigenvalue weighted by Crippen LogP contribution is -2.43. The number of carbonyl (C=O) groups excluding carboxylic acids is 3. The Morgan fingerprint density at radius 1 is 1.25 bits per heavy atom. The first kappa shape index (κ1) is 9.77. The number of carbonyl (C=O) groups is 3. The third kappa shape index (κ3) is 1.07. The molecule has 0 aromatic rings. The summed E-state index contributed by atoms with van der Waals surface area (Å²) in [6.45, 7) is -0.635. The van der Waals surface area contributed by atoms with Crippen LogP contribution in [-0.2, 0) is 19.1 Å². The van der Waals surface area contributed by atoms with Gasteiger partial charge in [-0.15, -0.1) is 0 Å². The number of hydrogen-bond donors (Lipinski definition) is 0. The van der Waals surface area contributed by atoms with Gasteiger partial charge >= 0.3 is 0 Å². The van der Waals surface area contributed by atoms with Crippen molar-refractivity contribution in [2.75, 3.05) is 6.54 Å². The number of amides is 2. The van der Waals surface area contributed by atoms with Gasteiger partial charge < -0.3 is 14.6 Å². The van der Waals surface area contributed by atoms with E-state index in [0.29, 0.717) is 0 Å². The fourth-order valence-corrected chi connectivity index (χ4v) is 3.06. The average molecular weight is 224 g/mol. The van der Waals surface area contributed by atoms with Gasteiger partial charge in [0, 0.05) is 0 Å². The molecule has 3 saturated heterocycles. The number of ether oxygens (including phenoxy) is 1. The third-order valence-corrected chi connectivity index (χ3v) is 3.66. The molecule has 3 rings (SSSR count). The lowest BCUT2D eigenvalue weighted by atomic mass is 9.81. The fraction of sp³-hybridized carbons (Fsp3) is 0.700. The summed E-state index contributed by atoms with van der Waals surface area (Å²) < 4.78 is 5.50. The van der Waals surface area contributed by atoms with Crippen LogP contribution >= 0.6 is 0 Å². The lowest BCUT2D eigenvalue weighted by molar-refractivity contribution is -0.305. The maximum Gasteiger partial charge on any atom is 0.236 e. The average Bonchev–Trinajstić information content (AvgIpc) is 2.87. The number of rotatable bonds is 2. The minimum absolute atomic E-state index is 0.196. The topological polar surface area (TPSA) is 86.7 Å². The molecular weight excluding hydrogens is 214 g/mol. The van der Waals surface area contributed by atoms with E-state index < -0.39 is 36.2 Å². The highest BCUT2D eigenvalue weighted by Gasteiger charge is 2.62. The van der Waals surface area contributed by atoms with E-state index in [9.17, 15) is 19.5 Å². The third-order valence-electron chi connectivity index (χ3n) is 3.66. The summed E-state index contributed by atoms with van der Waals surface area (Å²) in [7, 11) is 0. The number of fused-ring (bicyclic) bond motifs is 5. The molecule has 0 unspecified atom stereocenters. The molecule has 0 aromatic heterocycles. The second kappa shape index (κ2) is 3.04. The summed E-state index contributed by atoms with van der Waals surface area (Å²) in [6.07, 6.45) is 1.17. The number of nitrogens with zero attached hydrogens (tertiary/aromatic N) is 1. The Morgan fingerprint density at radius 2 is 1.75 bits per heavy atom. The van der Waals surface area contributed by atoms with Crippen LogP contribution in [0.15, 0.2) is 0 Å². The normalized spacial score (nSPS) is 40.6. The van der Waals surface area contributed by atoms with Crippen molar-refractivity contribution in [2.45, 2.75) is 25.0 Å². The molecule has 0 N–H and O–H groups in total. The molecule has 0 spiro atoms. The van der Waals surface area contributed by atoms with Crippen molar-refractivity contribution >= 4 is 17.8 Å². The highest BCUT2D eigenvalue weighted by molar-refractivity contribution is 6.07. The first-order chi connectivity index (χ1) is 7.59. The van der Waals surface area contributed by atoms with Gasteiger partial charge in [-0.25, -0.2) is 0 Å². The largest absolute Gasteiger partial charge is 0.548 e. The molecule has 3 heterocycles. The number of imide groups is 1. The van der Waals surface area contributed by atoms with E-state index in [0.717, 1.165) is 17.7 Å². The van der Waals surface area contributed by atoms with Gasteiger partial charge in [-0.05, 0) is 12.8 Å². The molecule has 0 aromatic carbocycles. The molecule has 3 aliphatic rings. The summed E-state index contributed by atoms with van der Waals surface area (Å²) >= 11 is 0. The summed E-state index contributed by atoms with van der Waals surface area (Å²) in [6, 6.07) is 0. The Bertz CT molecular complexity index is 365. The van der Waals surface area contributed by atoms with Crippen molar-refractivity contribution in [1.82, 2.24) is 4.90 Å². The maximum absolute atomic E-state index is 11.9. The number of aliphatic carboxylic acids is 1. The van der Waals surface area contributed by atoms with E-state index >= 15 is 0 Å². The van der Waals surface area contributed by atoms with Gasteiger partial charge in [-0.2, -0.15) is 0 Å². The van der Waals surface area contributed by atoms with Gasteiger partial charge in [0.15, 0.2) is 0 Å². The van der Waals surface area contributed by atoms with Crippen LogP contribution in [0.1, 0.15) is 12.8 Å². The van der Waals surface area contributed by atoms with Crippen LogP contribution < -0.4 is 5.11 Å². The molecule has 3 fully saturated rings. The maximum atomic E-state index is 11.9. The molecule has 86 valence electrons. The zero-order valence-corrected chi connectivity index (χ0v) is 8.42. The summed E-state index contributed by atoms with van der Waals surface area (Å²) in [4.78, 5) is 35.0. The molecular formula is C10H10NO5-. The first-order valence-corrected chi connectivity index (χ1v) is 5.30. The van der Waals surface area contributed by atoms with Gasteiger partial charge in [-0.3, -0.25) is 14.5 Å². The molecule has 16 heavy (non-hydrogen) atoms. The van der Waals surface area contributed by atoms with Crippen molar-refractivity contribution in [3.63, 3.8) is 0 Å². The van der Waals surface area contributed by atoms with Gasteiger partial charge in [0.1, 0.15) is 0 Å². The van der Waals surface area contributed by atoms with Crippen LogP contribution in [0.3, 0.4) is 0 Å². The second-order valence-corrected chi connectivity index (χ2v) is 4.48. The predicted molar refractivity (Wildman–Crippen MR) is 46.6 cm³/mol. The van der Waals surface area contributed by atoms with E-state index in [1.807, 2.05) is 0 Å². The molecule has 4 atom stereocenters. The van der Waals surface area contributed by atoms with Crippen LogP contribution in [0.5, 0.6) is 0 Å². The van der Waals surface area contributed by atoms with Crippen molar-refractivity contribution in [3.8, 4) is 0 Å². The molecule has 6 heteroatoms. The minimum atomic E-state index is -1.41. The Morgan fingerprint density at radius 3 is 2.19 bits per heavy atom. The standard InChI is InChI=1S/C10H11NO5/c12-6(13)3-11-9(14)7-4-1-2-5(16-4)8(7)10(11)15/h4-5,7-8H,1-3H2,(H,12,13)/p-1/t4-,5+,7-,8+. The van der Waals surface area contributed by atoms with Crippen LogP contribution in [0.25, 0.3) is 0 Å². The van der Waals surface area contributed by atoms with Crippen LogP contribution in [0.2, 0.25) is 0 Å². The number of carboxylic acids is 1. The minimum Gasteiger partial charge on any atom is -0.548 e. The van der Waals surface area contributed by atoms with E-state index in [1.165, 1.54) is 0 Å². The highest BCUT2D eigenvalue weighted by atomic mass is 16.5. The van der Waals surface area contributed by atoms with Gasteiger partial charge in [-0.1, -0.05) is 0 Å². The van der Waals surface area contributed by atoms with Crippen LogP contribution in [0.4, 0.5) is 0 Å². The lowest BCUT2D eigenvalue weighted by Gasteiger charge is -2.17. The Balaban J connectivity index is 1.89. The van der Waals surface area contributed by atoms with Gasteiger partial charge in [0.25, 0.3) is 0 Å². The highest BCUT2D eigenvalue weighted by Crippen LogP contribution is 2.48. The molecule has 0 saturated carbocycles. The van der Waals surface area contributed by atoms with Gasteiger partial charge in [0.2, 0.25) is 11.8 Å². The van der Waals surface area contributed by atoms with Crippen LogP contribution in [-0.4, -0.2) is 41.4 Å². The smallest absolute Gasteiger partial charge is 0.236 e. The second-order valence-electron chi connectivity index (χ2n) is 4.48. The molecule has 0 aliphatic carbocycles. The van der Waals surface area contributed by atoms with E-state index in [4.69, 9.17) is 4.74 Å². The van der Waals surface area contributed by atoms with E-state index in [1.54, 1.807) is 0 Å². The zero-order chi connectivity index (χ0) is 11.4. The van der Waals surface area contributed by atoms with Gasteiger partial charge in [0.05, 0.1) is 36.6 Å². The summed E-state index contributed by atoms with van der Waals surface area (Å²) in [5.41, 5.74) is 0. The van der Waals surface area contributed by atoms with E-state index in [2.05, 4.69) is 0 Å².